The monoisotopic (exact) mass is 224 g/mol. The van der Waals surface area contributed by atoms with Gasteiger partial charge < -0.3 is 9.47 Å². The average molecular weight is 225 g/mol. The molecule has 0 saturated heterocycles. The summed E-state index contributed by atoms with van der Waals surface area (Å²) < 4.78 is 10.5. The first kappa shape index (κ1) is 13.4. The Hall–Kier alpha value is 0.427. The summed E-state index contributed by atoms with van der Waals surface area (Å²) in [5.41, 5.74) is 0. The Morgan fingerprint density at radius 2 is 1.85 bits per heavy atom. The van der Waals surface area contributed by atoms with Crippen LogP contribution in [0.3, 0.4) is 0 Å². The van der Waals surface area contributed by atoms with E-state index in [1.54, 1.807) is 0 Å². The Morgan fingerprint density at radius 3 is 2.31 bits per heavy atom. The predicted molar refractivity (Wildman–Crippen MR) is 60.2 cm³/mol. The Bertz CT molecular complexity index is 123. The Morgan fingerprint density at radius 1 is 1.23 bits per heavy atom. The number of alkyl halides is 1. The lowest BCUT2D eigenvalue weighted by Gasteiger charge is -2.15. The van der Waals surface area contributed by atoms with Crippen LogP contribution in [0.4, 0.5) is 0 Å². The zero-order valence-electron chi connectivity index (χ0n) is 9.10. The predicted octanol–water partition coefficient (Wildman–Crippen LogP) is 2.94. The van der Waals surface area contributed by atoms with E-state index in [0.29, 0.717) is 13.4 Å². The van der Waals surface area contributed by atoms with Crippen molar-refractivity contribution in [3.05, 3.63) is 0 Å². The Labute approximate surface area is 87.6 Å². The van der Waals surface area contributed by atoms with E-state index in [-0.39, 0.29) is 5.38 Å². The van der Waals surface area contributed by atoms with Gasteiger partial charge in [0.1, 0.15) is 6.79 Å². The number of ether oxygens (including phenoxy) is 2. The minimum atomic E-state index is -0.946. The standard InChI is InChI=1S/C9H21ClO2Si/c1-9(10)7-12-8-11-5-6-13(2,3)4/h9H,5-8H2,1-4H3. The second kappa shape index (κ2) is 6.82. The lowest BCUT2D eigenvalue weighted by molar-refractivity contribution is -0.0483. The van der Waals surface area contributed by atoms with Gasteiger partial charge in [-0.2, -0.15) is 0 Å². The van der Waals surface area contributed by atoms with E-state index in [2.05, 4.69) is 19.6 Å². The minimum absolute atomic E-state index is 0.0700. The third-order valence-corrected chi connectivity index (χ3v) is 3.34. The molecule has 0 radical (unpaired) electrons. The zero-order valence-corrected chi connectivity index (χ0v) is 10.9. The molecule has 0 rings (SSSR count). The van der Waals surface area contributed by atoms with E-state index in [1.165, 1.54) is 6.04 Å². The van der Waals surface area contributed by atoms with E-state index >= 15 is 0 Å². The van der Waals surface area contributed by atoms with Gasteiger partial charge in [0, 0.05) is 14.7 Å². The normalized spacial score (nSPS) is 14.5. The Balaban J connectivity index is 3.09. The van der Waals surface area contributed by atoms with Gasteiger partial charge >= 0.3 is 0 Å². The summed E-state index contributed by atoms with van der Waals surface area (Å²) in [5, 5.41) is 0.0700. The average Bonchev–Trinajstić information content (AvgIpc) is 1.93. The summed E-state index contributed by atoms with van der Waals surface area (Å²) >= 11 is 5.69. The third-order valence-electron chi connectivity index (χ3n) is 1.51. The SMILES string of the molecule is CC(Cl)COCOCC[Si](C)(C)C. The number of hydrogen-bond acceptors (Lipinski definition) is 2. The first-order chi connectivity index (χ1) is 5.92. The molecule has 0 aliphatic heterocycles. The summed E-state index contributed by atoms with van der Waals surface area (Å²) in [6.45, 7) is 10.7. The van der Waals surface area contributed by atoms with E-state index < -0.39 is 8.07 Å². The van der Waals surface area contributed by atoms with Gasteiger partial charge in [0.25, 0.3) is 0 Å². The van der Waals surface area contributed by atoms with Crippen LogP contribution in [0.1, 0.15) is 6.92 Å². The molecule has 0 fully saturated rings. The molecule has 80 valence electrons. The van der Waals surface area contributed by atoms with Gasteiger partial charge in [0.15, 0.2) is 0 Å². The van der Waals surface area contributed by atoms with Gasteiger partial charge in [-0.25, -0.2) is 0 Å². The van der Waals surface area contributed by atoms with Crippen LogP contribution in [0, 0.1) is 0 Å². The fourth-order valence-electron chi connectivity index (χ4n) is 0.707. The van der Waals surface area contributed by atoms with Gasteiger partial charge in [-0.15, -0.1) is 11.6 Å². The summed E-state index contributed by atoms with van der Waals surface area (Å²) in [6, 6.07) is 1.19. The second-order valence-corrected chi connectivity index (χ2v) is 10.9. The van der Waals surface area contributed by atoms with Crippen molar-refractivity contribution in [3.8, 4) is 0 Å². The highest BCUT2D eigenvalue weighted by molar-refractivity contribution is 6.76. The molecule has 0 bridgehead atoms. The lowest BCUT2D eigenvalue weighted by atomic mass is 10.5. The van der Waals surface area contributed by atoms with E-state index in [9.17, 15) is 0 Å². The first-order valence-corrected chi connectivity index (χ1v) is 8.86. The maximum absolute atomic E-state index is 5.69. The molecule has 0 heterocycles. The molecule has 0 aliphatic carbocycles. The van der Waals surface area contributed by atoms with E-state index in [0.717, 1.165) is 6.61 Å². The van der Waals surface area contributed by atoms with Crippen LogP contribution >= 0.6 is 11.6 Å². The molecule has 4 heteroatoms. The molecule has 0 aromatic rings. The van der Waals surface area contributed by atoms with Crippen molar-refractivity contribution in [2.24, 2.45) is 0 Å². The highest BCUT2D eigenvalue weighted by atomic mass is 35.5. The second-order valence-electron chi connectivity index (χ2n) is 4.49. The molecule has 0 spiro atoms. The number of hydrogen-bond donors (Lipinski definition) is 0. The van der Waals surface area contributed by atoms with Crippen molar-refractivity contribution in [1.29, 1.82) is 0 Å². The van der Waals surface area contributed by atoms with Crippen LogP contribution in [-0.4, -0.2) is 33.5 Å². The molecule has 2 nitrogen and oxygen atoms in total. The third kappa shape index (κ3) is 12.4. The van der Waals surface area contributed by atoms with Crippen LogP contribution in [-0.2, 0) is 9.47 Å². The fraction of sp³-hybridized carbons (Fsp3) is 1.00. The quantitative estimate of drug-likeness (QED) is 0.287. The molecule has 0 N–H and O–H groups in total. The van der Waals surface area contributed by atoms with Crippen molar-refractivity contribution >= 4 is 19.7 Å². The van der Waals surface area contributed by atoms with Crippen LogP contribution in [0.2, 0.25) is 25.7 Å². The maximum atomic E-state index is 5.69. The first-order valence-electron chi connectivity index (χ1n) is 4.71. The number of halogens is 1. The van der Waals surface area contributed by atoms with Gasteiger partial charge in [-0.3, -0.25) is 0 Å². The summed E-state index contributed by atoms with van der Waals surface area (Å²) in [4.78, 5) is 0. The van der Waals surface area contributed by atoms with Crippen molar-refractivity contribution < 1.29 is 9.47 Å². The molecule has 13 heavy (non-hydrogen) atoms. The van der Waals surface area contributed by atoms with Crippen LogP contribution in [0.5, 0.6) is 0 Å². The molecular weight excluding hydrogens is 204 g/mol. The van der Waals surface area contributed by atoms with Gasteiger partial charge in [-0.05, 0) is 13.0 Å². The van der Waals surface area contributed by atoms with Gasteiger partial charge in [0.2, 0.25) is 0 Å². The van der Waals surface area contributed by atoms with Crippen molar-refractivity contribution in [2.75, 3.05) is 20.0 Å². The van der Waals surface area contributed by atoms with Crippen molar-refractivity contribution in [1.82, 2.24) is 0 Å². The molecule has 0 aliphatic rings. The highest BCUT2D eigenvalue weighted by Crippen LogP contribution is 2.07. The molecular formula is C9H21ClO2Si. The molecule has 1 unspecified atom stereocenters. The molecule has 0 saturated carbocycles. The number of rotatable bonds is 7. The molecule has 1 atom stereocenters. The largest absolute Gasteiger partial charge is 0.356 e. The summed E-state index contributed by atoms with van der Waals surface area (Å²) in [7, 11) is -0.946. The smallest absolute Gasteiger partial charge is 0.146 e. The fourth-order valence-corrected chi connectivity index (χ4v) is 1.55. The molecule has 0 aromatic heterocycles. The van der Waals surface area contributed by atoms with Gasteiger partial charge in [0.05, 0.1) is 12.0 Å². The lowest BCUT2D eigenvalue weighted by Crippen LogP contribution is -2.22. The van der Waals surface area contributed by atoms with Crippen molar-refractivity contribution in [2.45, 2.75) is 38.0 Å². The van der Waals surface area contributed by atoms with Crippen LogP contribution < -0.4 is 0 Å². The van der Waals surface area contributed by atoms with E-state index in [4.69, 9.17) is 21.1 Å². The summed E-state index contributed by atoms with van der Waals surface area (Å²) in [6.07, 6.45) is 0. The van der Waals surface area contributed by atoms with E-state index in [1.807, 2.05) is 6.92 Å². The molecule has 0 aromatic carbocycles. The maximum Gasteiger partial charge on any atom is 0.146 e. The highest BCUT2D eigenvalue weighted by Gasteiger charge is 2.11. The summed E-state index contributed by atoms with van der Waals surface area (Å²) in [5.74, 6) is 0. The minimum Gasteiger partial charge on any atom is -0.356 e. The zero-order chi connectivity index (χ0) is 10.3. The van der Waals surface area contributed by atoms with Gasteiger partial charge in [-0.1, -0.05) is 19.6 Å². The van der Waals surface area contributed by atoms with Crippen LogP contribution in [0.25, 0.3) is 0 Å². The Kier molecular flexibility index (Phi) is 7.04. The molecule has 0 amide bonds. The van der Waals surface area contributed by atoms with Crippen LogP contribution in [0.15, 0.2) is 0 Å². The van der Waals surface area contributed by atoms with Crippen molar-refractivity contribution in [3.63, 3.8) is 0 Å². The topological polar surface area (TPSA) is 18.5 Å².